The second kappa shape index (κ2) is 9.14. The number of carbonyl (C=O) groups excluding carboxylic acids is 1. The van der Waals surface area contributed by atoms with Crippen LogP contribution >= 0.6 is 0 Å². The average molecular weight is 424 g/mol. The van der Waals surface area contributed by atoms with E-state index in [2.05, 4.69) is 10.2 Å². The number of hydrogen-bond donors (Lipinski definition) is 2. The highest BCUT2D eigenvalue weighted by Gasteiger charge is 2.34. The Morgan fingerprint density at radius 1 is 1.27 bits per heavy atom. The van der Waals surface area contributed by atoms with E-state index in [0.29, 0.717) is 37.7 Å². The first-order valence-electron chi connectivity index (χ1n) is 9.84. The number of carbonyl (C=O) groups is 1. The molecule has 2 aromatic rings. The number of nitrogens with zero attached hydrogens (tertiary/aromatic N) is 1. The van der Waals surface area contributed by atoms with Gasteiger partial charge in [0.25, 0.3) is 0 Å². The fraction of sp³-hybridized carbons (Fsp3) is 0.409. The smallest absolute Gasteiger partial charge is 0.392 e. The zero-order valence-corrected chi connectivity index (χ0v) is 16.6. The highest BCUT2D eigenvalue weighted by molar-refractivity contribution is 5.93. The van der Waals surface area contributed by atoms with Crippen molar-refractivity contribution in [1.82, 2.24) is 4.90 Å². The Morgan fingerprint density at radius 2 is 2.03 bits per heavy atom. The molecule has 2 aromatic carbocycles. The van der Waals surface area contributed by atoms with Crippen molar-refractivity contribution in [2.75, 3.05) is 18.4 Å². The van der Waals surface area contributed by atoms with E-state index < -0.39 is 23.5 Å². The molecule has 3 rings (SSSR count). The topological polar surface area (TPSA) is 52.6 Å². The van der Waals surface area contributed by atoms with Gasteiger partial charge >= 0.3 is 6.18 Å². The van der Waals surface area contributed by atoms with Crippen LogP contribution in [0.15, 0.2) is 36.4 Å². The van der Waals surface area contributed by atoms with Crippen LogP contribution in [0.2, 0.25) is 0 Å². The Labute approximate surface area is 172 Å². The Hall–Kier alpha value is -2.45. The fourth-order valence-corrected chi connectivity index (χ4v) is 3.65. The number of nitrogens with one attached hydrogen (secondary N) is 1. The maximum absolute atomic E-state index is 13.7. The van der Waals surface area contributed by atoms with Gasteiger partial charge in [0.1, 0.15) is 5.82 Å². The largest absolute Gasteiger partial charge is 0.419 e. The molecule has 0 fully saturated rings. The fourth-order valence-electron chi connectivity index (χ4n) is 3.65. The molecule has 8 heteroatoms. The molecule has 162 valence electrons. The third-order valence-corrected chi connectivity index (χ3v) is 5.26. The van der Waals surface area contributed by atoms with Gasteiger partial charge in [0.2, 0.25) is 5.91 Å². The van der Waals surface area contributed by atoms with Crippen molar-refractivity contribution in [3.8, 4) is 0 Å². The molecule has 0 aliphatic carbocycles. The maximum Gasteiger partial charge on any atom is 0.419 e. The van der Waals surface area contributed by atoms with Crippen LogP contribution in [0.4, 0.5) is 23.2 Å². The van der Waals surface area contributed by atoms with Gasteiger partial charge in [-0.3, -0.25) is 9.69 Å². The molecule has 0 aromatic heterocycles. The number of aliphatic hydroxyl groups is 1. The van der Waals surface area contributed by atoms with Gasteiger partial charge in [-0.25, -0.2) is 4.39 Å². The Kier molecular flexibility index (Phi) is 6.77. The third kappa shape index (κ3) is 5.37. The number of hydrogen-bond acceptors (Lipinski definition) is 3. The molecular weight excluding hydrogens is 400 g/mol. The first-order valence-corrected chi connectivity index (χ1v) is 9.84. The normalized spacial score (nSPS) is 15.5. The Balaban J connectivity index is 1.67. The molecule has 1 aliphatic rings. The lowest BCUT2D eigenvalue weighted by Gasteiger charge is -2.31. The quantitative estimate of drug-likeness (QED) is 0.685. The summed E-state index contributed by atoms with van der Waals surface area (Å²) >= 11 is 0. The van der Waals surface area contributed by atoms with Crippen molar-refractivity contribution in [2.24, 2.45) is 0 Å². The highest BCUT2D eigenvalue weighted by Crippen LogP contribution is 2.32. The molecule has 1 heterocycles. The summed E-state index contributed by atoms with van der Waals surface area (Å²) in [6, 6.07) is 8.09. The first-order chi connectivity index (χ1) is 14.2. The second-order valence-electron chi connectivity index (χ2n) is 7.53. The average Bonchev–Trinajstić information content (AvgIpc) is 2.67. The van der Waals surface area contributed by atoms with Gasteiger partial charge in [0.15, 0.2) is 0 Å². The summed E-state index contributed by atoms with van der Waals surface area (Å²) in [6.07, 6.45) is -3.98. The summed E-state index contributed by atoms with van der Waals surface area (Å²) in [5, 5.41) is 12.7. The minimum Gasteiger partial charge on any atom is -0.392 e. The van der Waals surface area contributed by atoms with E-state index in [1.807, 2.05) is 19.1 Å². The maximum atomic E-state index is 13.7. The van der Waals surface area contributed by atoms with Gasteiger partial charge in [-0.05, 0) is 47.7 Å². The number of halogens is 4. The Morgan fingerprint density at radius 3 is 2.70 bits per heavy atom. The summed E-state index contributed by atoms with van der Waals surface area (Å²) in [6.45, 7) is 3.94. The number of β-amino-alcohol motifs (C(OH)–C–C–N with tert-alkyl or cyclic N) is 1. The molecule has 1 aliphatic heterocycles. The van der Waals surface area contributed by atoms with Crippen molar-refractivity contribution in [2.45, 2.75) is 45.0 Å². The van der Waals surface area contributed by atoms with Crippen molar-refractivity contribution < 1.29 is 27.5 Å². The van der Waals surface area contributed by atoms with E-state index in [0.717, 1.165) is 29.8 Å². The molecule has 0 spiro atoms. The first kappa shape index (κ1) is 22.2. The zero-order chi connectivity index (χ0) is 21.9. The van der Waals surface area contributed by atoms with Crippen LogP contribution in [0.3, 0.4) is 0 Å². The number of rotatable bonds is 6. The summed E-state index contributed by atoms with van der Waals surface area (Å²) < 4.78 is 51.7. The van der Waals surface area contributed by atoms with Crippen LogP contribution in [0.5, 0.6) is 0 Å². The molecule has 1 amide bonds. The number of amides is 1. The van der Waals surface area contributed by atoms with Crippen molar-refractivity contribution >= 4 is 11.6 Å². The number of alkyl halides is 3. The lowest BCUT2D eigenvalue weighted by atomic mass is 9.97. The molecule has 1 atom stereocenters. The highest BCUT2D eigenvalue weighted by atomic mass is 19.4. The molecule has 4 nitrogen and oxygen atoms in total. The van der Waals surface area contributed by atoms with Gasteiger partial charge in [0, 0.05) is 25.3 Å². The molecular formula is C22H24F4N2O2. The zero-order valence-electron chi connectivity index (χ0n) is 16.6. The van der Waals surface area contributed by atoms with E-state index in [1.165, 1.54) is 0 Å². The van der Waals surface area contributed by atoms with Gasteiger partial charge < -0.3 is 10.4 Å². The number of benzene rings is 2. The van der Waals surface area contributed by atoms with Crippen LogP contribution in [0.25, 0.3) is 0 Å². The van der Waals surface area contributed by atoms with Gasteiger partial charge in [-0.2, -0.15) is 13.2 Å². The minimum atomic E-state index is -4.77. The molecule has 30 heavy (non-hydrogen) atoms. The van der Waals surface area contributed by atoms with E-state index >= 15 is 0 Å². The van der Waals surface area contributed by atoms with Crippen molar-refractivity contribution in [1.29, 1.82) is 0 Å². The van der Waals surface area contributed by atoms with Crippen molar-refractivity contribution in [3.05, 3.63) is 64.5 Å². The predicted molar refractivity (Wildman–Crippen MR) is 105 cm³/mol. The van der Waals surface area contributed by atoms with Crippen LogP contribution in [-0.2, 0) is 30.4 Å². The third-order valence-electron chi connectivity index (χ3n) is 5.26. The van der Waals surface area contributed by atoms with Crippen LogP contribution in [0, 0.1) is 5.82 Å². The second-order valence-corrected chi connectivity index (χ2v) is 7.53. The van der Waals surface area contributed by atoms with E-state index in [1.54, 1.807) is 6.07 Å². The van der Waals surface area contributed by atoms with Crippen LogP contribution in [0.1, 0.15) is 35.6 Å². The number of anilines is 1. The summed E-state index contributed by atoms with van der Waals surface area (Å²) in [7, 11) is 0. The molecule has 2 N–H and O–H groups in total. The van der Waals surface area contributed by atoms with Crippen molar-refractivity contribution in [3.63, 3.8) is 0 Å². The predicted octanol–water partition coefficient (Wildman–Crippen LogP) is 4.15. The standard InChI is InChI=1S/C22H24F4N2O2/c1-2-16(29)13-28-9-8-17-15(12-28)4-3-5-20(17)27-21(30)11-14-6-7-18(19(23)10-14)22(24,25)26/h3-7,10,16,29H,2,8-9,11-13H2,1H3,(H,27,30). The SMILES string of the molecule is CCC(O)CN1CCc2c(cccc2NC(=O)Cc2ccc(C(F)(F)F)c(F)c2)C1. The van der Waals surface area contributed by atoms with E-state index in [-0.39, 0.29) is 18.1 Å². The molecule has 0 saturated heterocycles. The lowest BCUT2D eigenvalue weighted by molar-refractivity contribution is -0.140. The minimum absolute atomic E-state index is 0.169. The molecule has 1 unspecified atom stereocenters. The molecule has 0 saturated carbocycles. The summed E-state index contributed by atoms with van der Waals surface area (Å²) in [4.78, 5) is 14.6. The number of fused-ring (bicyclic) bond motifs is 1. The molecule has 0 bridgehead atoms. The summed E-state index contributed by atoms with van der Waals surface area (Å²) in [5.41, 5.74) is 1.54. The van der Waals surface area contributed by atoms with E-state index in [4.69, 9.17) is 0 Å². The number of aliphatic hydroxyl groups excluding tert-OH is 1. The van der Waals surface area contributed by atoms with Crippen LogP contribution in [-0.4, -0.2) is 35.1 Å². The monoisotopic (exact) mass is 424 g/mol. The van der Waals surface area contributed by atoms with Crippen LogP contribution < -0.4 is 5.32 Å². The lowest BCUT2D eigenvalue weighted by Crippen LogP contribution is -2.36. The summed E-state index contributed by atoms with van der Waals surface area (Å²) in [5.74, 6) is -1.81. The Bertz CT molecular complexity index is 914. The van der Waals surface area contributed by atoms with E-state index in [9.17, 15) is 27.5 Å². The van der Waals surface area contributed by atoms with Gasteiger partial charge in [0.05, 0.1) is 18.1 Å². The van der Waals surface area contributed by atoms with Gasteiger partial charge in [-0.1, -0.05) is 25.1 Å². The molecule has 0 radical (unpaired) electrons. The van der Waals surface area contributed by atoms with Gasteiger partial charge in [-0.15, -0.1) is 0 Å².